The smallest absolute Gasteiger partial charge is 0.251 e. The van der Waals surface area contributed by atoms with Gasteiger partial charge < -0.3 is 24.5 Å². The standard InChI is InChI=1S/C28H29FN2O4/c1-16-6-11-22(29)26-25(16)21(17(2)31-26)12-13-30-28(32)19-9-7-18(8-10-19)20-14-23(33-3)27(35-5)24(15-20)34-4/h6-11,14-15,31H,12-13H2,1-5H3,(H,30,32). The van der Waals surface area contributed by atoms with Gasteiger partial charge in [0, 0.05) is 23.2 Å². The van der Waals surface area contributed by atoms with Gasteiger partial charge in [0.05, 0.1) is 26.8 Å². The van der Waals surface area contributed by atoms with Crippen molar-refractivity contribution in [2.75, 3.05) is 27.9 Å². The fourth-order valence-corrected chi connectivity index (χ4v) is 4.42. The van der Waals surface area contributed by atoms with E-state index in [1.54, 1.807) is 39.5 Å². The van der Waals surface area contributed by atoms with E-state index >= 15 is 0 Å². The molecule has 1 heterocycles. The Morgan fingerprint density at radius 1 is 0.914 bits per heavy atom. The van der Waals surface area contributed by atoms with Gasteiger partial charge >= 0.3 is 0 Å². The summed E-state index contributed by atoms with van der Waals surface area (Å²) >= 11 is 0. The van der Waals surface area contributed by atoms with Gasteiger partial charge in [0.25, 0.3) is 5.91 Å². The first-order valence-electron chi connectivity index (χ1n) is 11.3. The number of carbonyl (C=O) groups is 1. The molecule has 0 bridgehead atoms. The Hall–Kier alpha value is -4.00. The number of benzene rings is 3. The van der Waals surface area contributed by atoms with Crippen LogP contribution in [0.1, 0.15) is 27.2 Å². The summed E-state index contributed by atoms with van der Waals surface area (Å²) in [4.78, 5) is 15.9. The number of hydrogen-bond acceptors (Lipinski definition) is 4. The molecule has 0 saturated heterocycles. The van der Waals surface area contributed by atoms with E-state index in [0.29, 0.717) is 41.3 Å². The minimum absolute atomic E-state index is 0.165. The second-order valence-corrected chi connectivity index (χ2v) is 8.34. The molecule has 0 radical (unpaired) electrons. The fraction of sp³-hybridized carbons (Fsp3) is 0.250. The van der Waals surface area contributed by atoms with Crippen LogP contribution in [0.5, 0.6) is 17.2 Å². The minimum atomic E-state index is -0.267. The lowest BCUT2D eigenvalue weighted by Crippen LogP contribution is -2.25. The topological polar surface area (TPSA) is 72.6 Å². The van der Waals surface area contributed by atoms with Gasteiger partial charge in [-0.05, 0) is 72.9 Å². The quantitative estimate of drug-likeness (QED) is 0.348. The molecule has 4 rings (SSSR count). The number of aryl methyl sites for hydroxylation is 2. The number of fused-ring (bicyclic) bond motifs is 1. The third-order valence-electron chi connectivity index (χ3n) is 6.24. The SMILES string of the molecule is COc1cc(-c2ccc(C(=O)NCCc3c(C)[nH]c4c(F)ccc(C)c34)cc2)cc(OC)c1OC. The number of H-pyrrole nitrogens is 1. The van der Waals surface area contributed by atoms with Crippen LogP contribution in [0, 0.1) is 19.7 Å². The summed E-state index contributed by atoms with van der Waals surface area (Å²) in [6, 6.07) is 14.3. The number of amides is 1. The monoisotopic (exact) mass is 476 g/mol. The first-order chi connectivity index (χ1) is 16.9. The third kappa shape index (κ3) is 4.67. The average molecular weight is 477 g/mol. The molecule has 6 nitrogen and oxygen atoms in total. The van der Waals surface area contributed by atoms with Crippen molar-refractivity contribution in [2.24, 2.45) is 0 Å². The maximum absolute atomic E-state index is 14.2. The Kier molecular flexibility index (Phi) is 6.96. The van der Waals surface area contributed by atoms with Crippen LogP contribution in [0.2, 0.25) is 0 Å². The van der Waals surface area contributed by atoms with Crippen molar-refractivity contribution in [3.8, 4) is 28.4 Å². The van der Waals surface area contributed by atoms with Crippen LogP contribution in [0.3, 0.4) is 0 Å². The predicted octanol–water partition coefficient (Wildman–Crippen LogP) is 5.59. The number of aromatic amines is 1. The molecule has 0 spiro atoms. The van der Waals surface area contributed by atoms with E-state index in [1.807, 2.05) is 38.1 Å². The Morgan fingerprint density at radius 3 is 2.17 bits per heavy atom. The van der Waals surface area contributed by atoms with Crippen LogP contribution in [-0.4, -0.2) is 38.8 Å². The second-order valence-electron chi connectivity index (χ2n) is 8.34. The van der Waals surface area contributed by atoms with Crippen LogP contribution in [-0.2, 0) is 6.42 Å². The molecule has 0 aliphatic carbocycles. The Balaban J connectivity index is 1.47. The molecule has 0 saturated carbocycles. The molecule has 1 amide bonds. The van der Waals surface area contributed by atoms with Crippen molar-refractivity contribution in [3.05, 3.63) is 76.7 Å². The number of nitrogens with one attached hydrogen (secondary N) is 2. The molecule has 0 unspecified atom stereocenters. The number of aromatic nitrogens is 1. The maximum atomic E-state index is 14.2. The van der Waals surface area contributed by atoms with Crippen molar-refractivity contribution >= 4 is 16.8 Å². The normalized spacial score (nSPS) is 10.9. The van der Waals surface area contributed by atoms with Gasteiger partial charge in [-0.1, -0.05) is 18.2 Å². The first kappa shape index (κ1) is 24.1. The van der Waals surface area contributed by atoms with Crippen LogP contribution in [0.15, 0.2) is 48.5 Å². The molecule has 0 fully saturated rings. The van der Waals surface area contributed by atoms with E-state index in [0.717, 1.165) is 33.3 Å². The average Bonchev–Trinajstić information content (AvgIpc) is 3.22. The zero-order valence-corrected chi connectivity index (χ0v) is 20.5. The number of rotatable bonds is 8. The van der Waals surface area contributed by atoms with Crippen molar-refractivity contribution in [1.82, 2.24) is 10.3 Å². The molecule has 1 aromatic heterocycles. The van der Waals surface area contributed by atoms with E-state index in [9.17, 15) is 9.18 Å². The van der Waals surface area contributed by atoms with E-state index in [-0.39, 0.29) is 11.7 Å². The third-order valence-corrected chi connectivity index (χ3v) is 6.24. The van der Waals surface area contributed by atoms with Crippen molar-refractivity contribution < 1.29 is 23.4 Å². The molecule has 35 heavy (non-hydrogen) atoms. The summed E-state index contributed by atoms with van der Waals surface area (Å²) in [6.45, 7) is 4.34. The van der Waals surface area contributed by atoms with Gasteiger partial charge in [-0.25, -0.2) is 4.39 Å². The van der Waals surface area contributed by atoms with Crippen LogP contribution in [0.4, 0.5) is 4.39 Å². The molecule has 182 valence electrons. The van der Waals surface area contributed by atoms with E-state index < -0.39 is 0 Å². The summed E-state index contributed by atoms with van der Waals surface area (Å²) < 4.78 is 30.4. The summed E-state index contributed by atoms with van der Waals surface area (Å²) in [5, 5.41) is 3.87. The molecule has 2 N–H and O–H groups in total. The molecule has 0 atom stereocenters. The minimum Gasteiger partial charge on any atom is -0.493 e. The first-order valence-corrected chi connectivity index (χ1v) is 11.3. The van der Waals surface area contributed by atoms with E-state index in [2.05, 4.69) is 10.3 Å². The van der Waals surface area contributed by atoms with E-state index in [1.165, 1.54) is 6.07 Å². The van der Waals surface area contributed by atoms with Gasteiger partial charge in [0.1, 0.15) is 5.82 Å². The molecule has 7 heteroatoms. The lowest BCUT2D eigenvalue weighted by Gasteiger charge is -2.14. The van der Waals surface area contributed by atoms with Crippen LogP contribution >= 0.6 is 0 Å². The molecule has 0 aliphatic rings. The Morgan fingerprint density at radius 2 is 1.57 bits per heavy atom. The van der Waals surface area contributed by atoms with Crippen LogP contribution in [0.25, 0.3) is 22.0 Å². The lowest BCUT2D eigenvalue weighted by molar-refractivity contribution is 0.0954. The summed E-state index contributed by atoms with van der Waals surface area (Å²) in [5.41, 5.74) is 5.81. The van der Waals surface area contributed by atoms with Crippen molar-refractivity contribution in [2.45, 2.75) is 20.3 Å². The number of carbonyl (C=O) groups excluding carboxylic acids is 1. The highest BCUT2D eigenvalue weighted by atomic mass is 19.1. The van der Waals surface area contributed by atoms with Gasteiger partial charge in [-0.3, -0.25) is 4.79 Å². The molecule has 4 aromatic rings. The summed E-state index contributed by atoms with van der Waals surface area (Å²) in [6.07, 6.45) is 0.603. The van der Waals surface area contributed by atoms with Gasteiger partial charge in [-0.2, -0.15) is 0 Å². The highest BCUT2D eigenvalue weighted by Gasteiger charge is 2.16. The largest absolute Gasteiger partial charge is 0.493 e. The van der Waals surface area contributed by atoms with Gasteiger partial charge in [0.2, 0.25) is 5.75 Å². The highest BCUT2D eigenvalue weighted by molar-refractivity contribution is 5.95. The number of hydrogen-bond donors (Lipinski definition) is 2. The van der Waals surface area contributed by atoms with Crippen molar-refractivity contribution in [1.29, 1.82) is 0 Å². The van der Waals surface area contributed by atoms with Gasteiger partial charge in [-0.15, -0.1) is 0 Å². The highest BCUT2D eigenvalue weighted by Crippen LogP contribution is 2.41. The number of ether oxygens (including phenoxy) is 3. The maximum Gasteiger partial charge on any atom is 0.251 e. The van der Waals surface area contributed by atoms with Crippen molar-refractivity contribution in [3.63, 3.8) is 0 Å². The lowest BCUT2D eigenvalue weighted by atomic mass is 10.0. The fourth-order valence-electron chi connectivity index (χ4n) is 4.42. The Bertz CT molecular complexity index is 1350. The number of halogens is 1. The number of methoxy groups -OCH3 is 3. The molecular weight excluding hydrogens is 447 g/mol. The van der Waals surface area contributed by atoms with Crippen LogP contribution < -0.4 is 19.5 Å². The van der Waals surface area contributed by atoms with Gasteiger partial charge in [0.15, 0.2) is 11.5 Å². The molecular formula is C28H29FN2O4. The zero-order chi connectivity index (χ0) is 25.1. The second kappa shape index (κ2) is 10.1. The zero-order valence-electron chi connectivity index (χ0n) is 20.5. The molecule has 3 aromatic carbocycles. The summed E-state index contributed by atoms with van der Waals surface area (Å²) in [7, 11) is 4.71. The van der Waals surface area contributed by atoms with E-state index in [4.69, 9.17) is 14.2 Å². The Labute approximate surface area is 204 Å². The predicted molar refractivity (Wildman–Crippen MR) is 135 cm³/mol. The summed E-state index contributed by atoms with van der Waals surface area (Å²) in [5.74, 6) is 1.22. The molecule has 0 aliphatic heterocycles.